The first-order chi connectivity index (χ1) is 14.6. The van der Waals surface area contributed by atoms with Crippen LogP contribution in [0.15, 0.2) is 59.2 Å². The number of pyridine rings is 1. The van der Waals surface area contributed by atoms with Crippen LogP contribution in [0.3, 0.4) is 0 Å². The van der Waals surface area contributed by atoms with E-state index in [0.29, 0.717) is 47.7 Å². The van der Waals surface area contributed by atoms with Crippen LogP contribution in [-0.4, -0.2) is 25.2 Å². The predicted octanol–water partition coefficient (Wildman–Crippen LogP) is 5.39. The number of aromatic nitrogens is 1. The zero-order valence-corrected chi connectivity index (χ0v) is 18.7. The topological polar surface area (TPSA) is 52.6 Å². The zero-order chi connectivity index (χ0) is 21.3. The second-order valence-electron chi connectivity index (χ2n) is 6.28. The maximum absolute atomic E-state index is 14.0. The van der Waals surface area contributed by atoms with Crippen LogP contribution >= 0.6 is 27.5 Å². The Morgan fingerprint density at radius 2 is 1.97 bits per heavy atom. The number of halogens is 3. The lowest BCUT2D eigenvalue weighted by atomic mass is 10.2. The van der Waals surface area contributed by atoms with E-state index in [1.54, 1.807) is 31.5 Å². The zero-order valence-electron chi connectivity index (χ0n) is 16.3. The molecule has 0 spiro atoms. The van der Waals surface area contributed by atoms with Crippen LogP contribution < -0.4 is 19.5 Å². The molecule has 0 aliphatic heterocycles. The van der Waals surface area contributed by atoms with Gasteiger partial charge in [-0.15, -0.1) is 0 Å². The van der Waals surface area contributed by atoms with Crippen LogP contribution in [-0.2, 0) is 13.2 Å². The van der Waals surface area contributed by atoms with Crippen molar-refractivity contribution >= 4 is 27.5 Å². The summed E-state index contributed by atoms with van der Waals surface area (Å²) in [4.78, 5) is 4.11. The lowest BCUT2D eigenvalue weighted by Crippen LogP contribution is -2.21. The minimum absolute atomic E-state index is 0.00321. The number of nitrogens with one attached hydrogen (secondary N) is 1. The van der Waals surface area contributed by atoms with Gasteiger partial charge in [-0.25, -0.2) is 9.37 Å². The van der Waals surface area contributed by atoms with Crippen LogP contribution in [0.2, 0.25) is 5.02 Å². The highest BCUT2D eigenvalue weighted by Gasteiger charge is 2.13. The fourth-order valence-electron chi connectivity index (χ4n) is 2.69. The largest absolute Gasteiger partial charge is 0.493 e. The van der Waals surface area contributed by atoms with Crippen molar-refractivity contribution in [3.05, 3.63) is 81.2 Å². The summed E-state index contributed by atoms with van der Waals surface area (Å²) in [6.45, 7) is 1.74. The molecule has 0 saturated heterocycles. The Bertz CT molecular complexity index is 956. The summed E-state index contributed by atoms with van der Waals surface area (Å²) in [6, 6.07) is 13.7. The van der Waals surface area contributed by atoms with E-state index in [9.17, 15) is 4.39 Å². The average Bonchev–Trinajstić information content (AvgIpc) is 2.75. The molecule has 3 aromatic rings. The first kappa shape index (κ1) is 22.3. The molecule has 0 atom stereocenters. The number of ether oxygens (including phenoxy) is 3. The third-order valence-corrected chi connectivity index (χ3v) is 5.34. The van der Waals surface area contributed by atoms with Crippen LogP contribution in [0, 0.1) is 5.82 Å². The van der Waals surface area contributed by atoms with E-state index in [2.05, 4.69) is 26.2 Å². The molecule has 0 saturated carbocycles. The highest BCUT2D eigenvalue weighted by Crippen LogP contribution is 2.34. The molecule has 1 aromatic heterocycles. The fraction of sp³-hybridized carbons (Fsp3) is 0.227. The van der Waals surface area contributed by atoms with Gasteiger partial charge in [0, 0.05) is 35.4 Å². The molecule has 5 nitrogen and oxygen atoms in total. The van der Waals surface area contributed by atoms with E-state index in [4.69, 9.17) is 25.8 Å². The quantitative estimate of drug-likeness (QED) is 0.382. The Balaban J connectivity index is 1.56. The van der Waals surface area contributed by atoms with E-state index in [-0.39, 0.29) is 6.61 Å². The van der Waals surface area contributed by atoms with Crippen LogP contribution in [0.4, 0.5) is 4.39 Å². The molecule has 0 amide bonds. The summed E-state index contributed by atoms with van der Waals surface area (Å²) in [5.41, 5.74) is 1.29. The fourth-order valence-corrected chi connectivity index (χ4v) is 3.37. The van der Waals surface area contributed by atoms with Gasteiger partial charge in [-0.05, 0) is 35.9 Å². The van der Waals surface area contributed by atoms with E-state index >= 15 is 0 Å². The molecule has 0 radical (unpaired) electrons. The number of methoxy groups -OCH3 is 1. The van der Waals surface area contributed by atoms with E-state index < -0.39 is 5.82 Å². The van der Waals surface area contributed by atoms with Gasteiger partial charge in [-0.2, -0.15) is 0 Å². The maximum atomic E-state index is 14.0. The summed E-state index contributed by atoms with van der Waals surface area (Å²) in [6.07, 6.45) is 1.69. The highest BCUT2D eigenvalue weighted by atomic mass is 79.9. The SMILES string of the molecule is COc1cc(CNCCOc2ccccn2)c(Br)cc1OCc1c(F)cccc1Cl. The number of hydrogen-bond donors (Lipinski definition) is 1. The second-order valence-corrected chi connectivity index (χ2v) is 7.54. The summed E-state index contributed by atoms with van der Waals surface area (Å²) in [7, 11) is 1.56. The molecule has 0 aliphatic carbocycles. The van der Waals surface area contributed by atoms with Gasteiger partial charge in [-0.1, -0.05) is 39.7 Å². The van der Waals surface area contributed by atoms with E-state index in [1.165, 1.54) is 6.07 Å². The lowest BCUT2D eigenvalue weighted by Gasteiger charge is -2.15. The average molecular weight is 496 g/mol. The Morgan fingerprint density at radius 1 is 1.10 bits per heavy atom. The molecule has 30 heavy (non-hydrogen) atoms. The molecule has 1 heterocycles. The summed E-state index contributed by atoms with van der Waals surface area (Å²) in [5, 5.41) is 3.63. The molecule has 1 N–H and O–H groups in total. The van der Waals surface area contributed by atoms with Crippen molar-refractivity contribution in [2.75, 3.05) is 20.3 Å². The van der Waals surface area contributed by atoms with Gasteiger partial charge in [0.25, 0.3) is 0 Å². The summed E-state index contributed by atoms with van der Waals surface area (Å²) >= 11 is 9.62. The molecule has 0 unspecified atom stereocenters. The Kier molecular flexibility index (Phi) is 8.30. The lowest BCUT2D eigenvalue weighted by molar-refractivity contribution is 0.279. The van der Waals surface area contributed by atoms with Crippen molar-refractivity contribution in [2.45, 2.75) is 13.2 Å². The first-order valence-corrected chi connectivity index (χ1v) is 10.4. The summed E-state index contributed by atoms with van der Waals surface area (Å²) in [5.74, 6) is 1.23. The van der Waals surface area contributed by atoms with Crippen LogP contribution in [0.25, 0.3) is 0 Å². The molecule has 2 aromatic carbocycles. The van der Waals surface area contributed by atoms with Crippen LogP contribution in [0.1, 0.15) is 11.1 Å². The van der Waals surface area contributed by atoms with Crippen molar-refractivity contribution in [2.24, 2.45) is 0 Å². The third-order valence-electron chi connectivity index (χ3n) is 4.25. The smallest absolute Gasteiger partial charge is 0.213 e. The van der Waals surface area contributed by atoms with Crippen molar-refractivity contribution in [1.82, 2.24) is 10.3 Å². The van der Waals surface area contributed by atoms with E-state index in [1.807, 2.05) is 24.3 Å². The number of benzene rings is 2. The number of hydrogen-bond acceptors (Lipinski definition) is 5. The van der Waals surface area contributed by atoms with Crippen LogP contribution in [0.5, 0.6) is 17.4 Å². The van der Waals surface area contributed by atoms with Gasteiger partial charge in [0.1, 0.15) is 19.0 Å². The van der Waals surface area contributed by atoms with Crippen molar-refractivity contribution in [3.8, 4) is 17.4 Å². The van der Waals surface area contributed by atoms with Gasteiger partial charge in [0.15, 0.2) is 11.5 Å². The molecule has 3 rings (SSSR count). The van der Waals surface area contributed by atoms with E-state index in [0.717, 1.165) is 10.0 Å². The molecular formula is C22H21BrClFN2O3. The minimum Gasteiger partial charge on any atom is -0.493 e. The van der Waals surface area contributed by atoms with Crippen molar-refractivity contribution < 1.29 is 18.6 Å². The van der Waals surface area contributed by atoms with Gasteiger partial charge >= 0.3 is 0 Å². The molecular weight excluding hydrogens is 475 g/mol. The van der Waals surface area contributed by atoms with Gasteiger partial charge in [-0.3, -0.25) is 0 Å². The highest BCUT2D eigenvalue weighted by molar-refractivity contribution is 9.10. The maximum Gasteiger partial charge on any atom is 0.213 e. The van der Waals surface area contributed by atoms with Crippen molar-refractivity contribution in [1.29, 1.82) is 0 Å². The molecule has 158 valence electrons. The second kappa shape index (κ2) is 11.2. The Labute approximate surface area is 188 Å². The Hall–Kier alpha value is -2.35. The third kappa shape index (κ3) is 6.08. The normalized spacial score (nSPS) is 10.7. The van der Waals surface area contributed by atoms with Gasteiger partial charge < -0.3 is 19.5 Å². The van der Waals surface area contributed by atoms with Crippen molar-refractivity contribution in [3.63, 3.8) is 0 Å². The predicted molar refractivity (Wildman–Crippen MR) is 118 cm³/mol. The molecule has 0 fully saturated rings. The molecule has 8 heteroatoms. The molecule has 0 bridgehead atoms. The van der Waals surface area contributed by atoms with Gasteiger partial charge in [0.2, 0.25) is 5.88 Å². The van der Waals surface area contributed by atoms with Gasteiger partial charge in [0.05, 0.1) is 12.1 Å². The standard InChI is InChI=1S/C22H21BrClFN2O3/c1-28-20-11-15(13-26-9-10-29-22-7-2-3-8-27-22)17(23)12-21(20)30-14-16-18(24)5-4-6-19(16)25/h2-8,11-12,26H,9-10,13-14H2,1H3. The monoisotopic (exact) mass is 494 g/mol. The summed E-state index contributed by atoms with van der Waals surface area (Å²) < 4.78 is 31.6. The molecule has 0 aliphatic rings. The number of rotatable bonds is 10. The number of nitrogens with zero attached hydrogens (tertiary/aromatic N) is 1. The Morgan fingerprint density at radius 3 is 2.70 bits per heavy atom. The minimum atomic E-state index is -0.408. The first-order valence-electron chi connectivity index (χ1n) is 9.25.